The van der Waals surface area contributed by atoms with Gasteiger partial charge in [0.05, 0.1) is 13.0 Å². The first-order valence-electron chi connectivity index (χ1n) is 6.84. The number of aromatic nitrogens is 1. The lowest BCUT2D eigenvalue weighted by atomic mass is 9.87. The number of aryl methyl sites for hydroxylation is 1. The van der Waals surface area contributed by atoms with Gasteiger partial charge in [0.25, 0.3) is 0 Å². The predicted octanol–water partition coefficient (Wildman–Crippen LogP) is 2.83. The molecule has 4 nitrogen and oxygen atoms in total. The van der Waals surface area contributed by atoms with Crippen molar-refractivity contribution in [2.24, 2.45) is 11.8 Å². The van der Waals surface area contributed by atoms with Gasteiger partial charge in [-0.15, -0.1) is 0 Å². The summed E-state index contributed by atoms with van der Waals surface area (Å²) < 4.78 is 5.22. The number of nitrogens with zero attached hydrogens (tertiary/aromatic N) is 1. The molecule has 1 aromatic heterocycles. The molecular formula is C15H21NO3. The highest BCUT2D eigenvalue weighted by atomic mass is 16.5. The van der Waals surface area contributed by atoms with Crippen molar-refractivity contribution in [2.45, 2.75) is 39.0 Å². The summed E-state index contributed by atoms with van der Waals surface area (Å²) in [4.78, 5) is 15.9. The monoisotopic (exact) mass is 263 g/mol. The predicted molar refractivity (Wildman–Crippen MR) is 72.3 cm³/mol. The summed E-state index contributed by atoms with van der Waals surface area (Å²) in [6.45, 7) is 1.90. The smallest absolute Gasteiger partial charge is 0.307 e. The van der Waals surface area contributed by atoms with Gasteiger partial charge in [0.1, 0.15) is 5.75 Å². The van der Waals surface area contributed by atoms with Crippen molar-refractivity contribution < 1.29 is 14.6 Å². The van der Waals surface area contributed by atoms with Gasteiger partial charge in [-0.2, -0.15) is 0 Å². The number of pyridine rings is 1. The molecule has 1 aromatic rings. The van der Waals surface area contributed by atoms with Crippen LogP contribution in [0.5, 0.6) is 5.75 Å². The van der Waals surface area contributed by atoms with Crippen molar-refractivity contribution >= 4 is 5.97 Å². The molecule has 19 heavy (non-hydrogen) atoms. The summed E-state index contributed by atoms with van der Waals surface area (Å²) in [6.07, 6.45) is 4.86. The van der Waals surface area contributed by atoms with E-state index in [9.17, 15) is 9.90 Å². The van der Waals surface area contributed by atoms with Crippen molar-refractivity contribution in [3.8, 4) is 5.75 Å². The maximum Gasteiger partial charge on any atom is 0.307 e. The molecule has 1 atom stereocenters. The molecule has 1 unspecified atom stereocenters. The zero-order valence-electron chi connectivity index (χ0n) is 11.6. The second kappa shape index (κ2) is 6.04. The van der Waals surface area contributed by atoms with E-state index in [0.717, 1.165) is 42.8 Å². The normalized spacial score (nSPS) is 17.4. The van der Waals surface area contributed by atoms with Crippen LogP contribution < -0.4 is 4.74 Å². The van der Waals surface area contributed by atoms with Gasteiger partial charge in [0.15, 0.2) is 0 Å². The minimum absolute atomic E-state index is 0.297. The maximum atomic E-state index is 11.5. The van der Waals surface area contributed by atoms with Crippen LogP contribution in [-0.4, -0.2) is 23.2 Å². The quantitative estimate of drug-likeness (QED) is 0.887. The highest BCUT2D eigenvalue weighted by Gasteiger charge is 2.31. The fourth-order valence-electron chi connectivity index (χ4n) is 2.97. The zero-order valence-corrected chi connectivity index (χ0v) is 11.6. The molecule has 0 radical (unpaired) electrons. The molecule has 1 fully saturated rings. The Balaban J connectivity index is 2.16. The highest BCUT2D eigenvalue weighted by molar-refractivity contribution is 5.70. The number of hydrogen-bond donors (Lipinski definition) is 1. The lowest BCUT2D eigenvalue weighted by Gasteiger charge is -2.19. The summed E-state index contributed by atoms with van der Waals surface area (Å²) >= 11 is 0. The van der Waals surface area contributed by atoms with Crippen molar-refractivity contribution in [1.82, 2.24) is 4.98 Å². The van der Waals surface area contributed by atoms with E-state index in [1.165, 1.54) is 0 Å². The Morgan fingerprint density at radius 1 is 1.47 bits per heavy atom. The topological polar surface area (TPSA) is 59.4 Å². The SMILES string of the molecule is COc1cc(C)nc(CC(C(=O)O)C2CCCC2)c1. The Morgan fingerprint density at radius 2 is 2.16 bits per heavy atom. The van der Waals surface area contributed by atoms with Crippen molar-refractivity contribution in [3.63, 3.8) is 0 Å². The van der Waals surface area contributed by atoms with Crippen LogP contribution >= 0.6 is 0 Å². The number of rotatable bonds is 5. The molecule has 0 bridgehead atoms. The first kappa shape index (κ1) is 13.8. The van der Waals surface area contributed by atoms with Crippen LogP contribution in [0.2, 0.25) is 0 Å². The number of aliphatic carboxylic acids is 1. The van der Waals surface area contributed by atoms with E-state index in [0.29, 0.717) is 12.3 Å². The van der Waals surface area contributed by atoms with Crippen molar-refractivity contribution in [1.29, 1.82) is 0 Å². The molecule has 0 aromatic carbocycles. The molecule has 1 aliphatic carbocycles. The lowest BCUT2D eigenvalue weighted by Crippen LogP contribution is -2.24. The largest absolute Gasteiger partial charge is 0.497 e. The maximum absolute atomic E-state index is 11.5. The first-order valence-corrected chi connectivity index (χ1v) is 6.84. The molecular weight excluding hydrogens is 242 g/mol. The Hall–Kier alpha value is -1.58. The van der Waals surface area contributed by atoms with Crippen LogP contribution in [0.25, 0.3) is 0 Å². The Kier molecular flexibility index (Phi) is 4.40. The van der Waals surface area contributed by atoms with Gasteiger partial charge in [0, 0.05) is 29.9 Å². The third-order valence-corrected chi connectivity index (χ3v) is 3.93. The summed E-state index contributed by atoms with van der Waals surface area (Å²) in [5.74, 6) is 0.0274. The van der Waals surface area contributed by atoms with Gasteiger partial charge >= 0.3 is 5.97 Å². The van der Waals surface area contributed by atoms with Crippen LogP contribution in [0.15, 0.2) is 12.1 Å². The molecule has 2 rings (SSSR count). The third-order valence-electron chi connectivity index (χ3n) is 3.93. The molecule has 1 heterocycles. The van der Waals surface area contributed by atoms with E-state index in [4.69, 9.17) is 4.74 Å². The molecule has 0 saturated heterocycles. The average Bonchev–Trinajstić information content (AvgIpc) is 2.88. The Labute approximate surface area is 113 Å². The second-order valence-corrected chi connectivity index (χ2v) is 5.33. The standard InChI is InChI=1S/C15H21NO3/c1-10-7-13(19-2)8-12(16-10)9-14(15(17)18)11-5-3-4-6-11/h7-8,11,14H,3-6,9H2,1-2H3,(H,17,18). The van der Waals surface area contributed by atoms with Crippen LogP contribution in [0.3, 0.4) is 0 Å². The fourth-order valence-corrected chi connectivity index (χ4v) is 2.97. The van der Waals surface area contributed by atoms with Crippen LogP contribution in [0.4, 0.5) is 0 Å². The van der Waals surface area contributed by atoms with E-state index >= 15 is 0 Å². The van der Waals surface area contributed by atoms with E-state index < -0.39 is 5.97 Å². The van der Waals surface area contributed by atoms with Crippen LogP contribution in [0, 0.1) is 18.8 Å². The minimum atomic E-state index is -0.700. The van der Waals surface area contributed by atoms with Crippen molar-refractivity contribution in [3.05, 3.63) is 23.5 Å². The van der Waals surface area contributed by atoms with E-state index in [1.807, 2.05) is 19.1 Å². The highest BCUT2D eigenvalue weighted by Crippen LogP contribution is 2.33. The summed E-state index contributed by atoms with van der Waals surface area (Å²) in [6, 6.07) is 3.70. The zero-order chi connectivity index (χ0) is 13.8. The van der Waals surface area contributed by atoms with Gasteiger partial charge < -0.3 is 9.84 Å². The van der Waals surface area contributed by atoms with Crippen LogP contribution in [-0.2, 0) is 11.2 Å². The number of carbonyl (C=O) groups is 1. The van der Waals surface area contributed by atoms with Gasteiger partial charge in [-0.3, -0.25) is 9.78 Å². The molecule has 0 amide bonds. The van der Waals surface area contributed by atoms with Crippen LogP contribution in [0.1, 0.15) is 37.1 Å². The van der Waals surface area contributed by atoms with E-state index in [2.05, 4.69) is 4.98 Å². The van der Waals surface area contributed by atoms with Gasteiger partial charge in [-0.1, -0.05) is 12.8 Å². The molecule has 1 aliphatic rings. The number of carboxylic acids is 1. The molecule has 104 valence electrons. The number of carboxylic acid groups (broad SMARTS) is 1. The van der Waals surface area contributed by atoms with Crippen molar-refractivity contribution in [2.75, 3.05) is 7.11 Å². The fraction of sp³-hybridized carbons (Fsp3) is 0.600. The van der Waals surface area contributed by atoms with Gasteiger partial charge in [-0.05, 0) is 25.7 Å². The number of methoxy groups -OCH3 is 1. The van der Waals surface area contributed by atoms with E-state index in [1.54, 1.807) is 7.11 Å². The molecule has 0 spiro atoms. The lowest BCUT2D eigenvalue weighted by molar-refractivity contribution is -0.143. The van der Waals surface area contributed by atoms with E-state index in [-0.39, 0.29) is 5.92 Å². The molecule has 4 heteroatoms. The summed E-state index contributed by atoms with van der Waals surface area (Å²) in [7, 11) is 1.62. The molecule has 0 aliphatic heterocycles. The number of hydrogen-bond acceptors (Lipinski definition) is 3. The molecule has 1 N–H and O–H groups in total. The Bertz CT molecular complexity index is 453. The minimum Gasteiger partial charge on any atom is -0.497 e. The summed E-state index contributed by atoms with van der Waals surface area (Å²) in [5, 5.41) is 9.43. The second-order valence-electron chi connectivity index (χ2n) is 5.33. The van der Waals surface area contributed by atoms with Gasteiger partial charge in [-0.25, -0.2) is 0 Å². The Morgan fingerprint density at radius 3 is 2.74 bits per heavy atom. The number of ether oxygens (including phenoxy) is 1. The average molecular weight is 263 g/mol. The first-order chi connectivity index (χ1) is 9.10. The van der Waals surface area contributed by atoms with Gasteiger partial charge in [0.2, 0.25) is 0 Å². The molecule has 1 saturated carbocycles. The third kappa shape index (κ3) is 3.46. The summed E-state index contributed by atoms with van der Waals surface area (Å²) in [5.41, 5.74) is 1.68.